The van der Waals surface area contributed by atoms with Gasteiger partial charge in [0.1, 0.15) is 11.6 Å². The first-order valence-electron chi connectivity index (χ1n) is 14.1. The number of aliphatic hydroxyl groups is 1. The third-order valence-corrected chi connectivity index (χ3v) is 9.35. The molecule has 0 spiro atoms. The van der Waals surface area contributed by atoms with Gasteiger partial charge in [-0.1, -0.05) is 83.8 Å². The van der Waals surface area contributed by atoms with Crippen molar-refractivity contribution in [2.75, 3.05) is 12.0 Å². The van der Waals surface area contributed by atoms with Crippen molar-refractivity contribution in [3.8, 4) is 11.5 Å². The summed E-state index contributed by atoms with van der Waals surface area (Å²) in [6.45, 7) is 2.66. The fraction of sp³-hybridized carbons (Fsp3) is 0.147. The Morgan fingerprint density at radius 1 is 1.02 bits per heavy atom. The Kier molecular flexibility index (Phi) is 9.87. The molecule has 1 saturated heterocycles. The maximum absolute atomic E-state index is 14.4. The second-order valence-electron chi connectivity index (χ2n) is 10.4. The number of phenolic OH excluding ortho intramolecular Hbond substituents is 1. The van der Waals surface area contributed by atoms with Crippen LogP contribution in [0.5, 0.6) is 11.5 Å². The van der Waals surface area contributed by atoms with Gasteiger partial charge in [-0.3, -0.25) is 19.3 Å². The summed E-state index contributed by atoms with van der Waals surface area (Å²) in [5.41, 5.74) is 1.63. The van der Waals surface area contributed by atoms with Gasteiger partial charge < -0.3 is 20.1 Å². The molecule has 2 heterocycles. The highest BCUT2D eigenvalue weighted by Crippen LogP contribution is 2.45. The van der Waals surface area contributed by atoms with Crippen LogP contribution in [0.2, 0.25) is 0 Å². The summed E-state index contributed by atoms with van der Waals surface area (Å²) < 4.78 is 20.3. The number of aliphatic carboxylic acids is 1. The van der Waals surface area contributed by atoms with Crippen LogP contribution in [0.25, 0.3) is 16.5 Å². The Balaban J connectivity index is 0.00000103. The summed E-state index contributed by atoms with van der Waals surface area (Å²) in [7, 11) is 1.37. The molecule has 1 unspecified atom stereocenters. The number of ether oxygens (including phenoxy) is 1. The number of carbonyl (C=O) groups excluding carboxylic acids is 2. The van der Waals surface area contributed by atoms with Crippen LogP contribution in [0.15, 0.2) is 88.8 Å². The Hall–Kier alpha value is -5.27. The van der Waals surface area contributed by atoms with Crippen LogP contribution < -0.4 is 9.64 Å². The normalized spacial score (nSPS) is 15.4. The molecule has 10 nitrogen and oxygen atoms in total. The van der Waals surface area contributed by atoms with E-state index in [1.807, 2.05) is 36.4 Å². The van der Waals surface area contributed by atoms with E-state index < -0.39 is 35.3 Å². The van der Waals surface area contributed by atoms with Crippen molar-refractivity contribution in [2.24, 2.45) is 0 Å². The molecule has 13 heteroatoms. The van der Waals surface area contributed by atoms with Crippen LogP contribution in [-0.4, -0.2) is 50.3 Å². The number of phenols is 1. The largest absolute Gasteiger partial charge is 0.507 e. The molecule has 1 amide bonds. The molecule has 6 rings (SSSR count). The van der Waals surface area contributed by atoms with Crippen LogP contribution in [0.4, 0.5) is 9.52 Å². The van der Waals surface area contributed by atoms with Crippen molar-refractivity contribution in [1.82, 2.24) is 10.2 Å². The van der Waals surface area contributed by atoms with E-state index in [9.17, 15) is 24.2 Å². The van der Waals surface area contributed by atoms with Crippen LogP contribution in [-0.2, 0) is 20.1 Å². The minimum Gasteiger partial charge on any atom is -0.507 e. The van der Waals surface area contributed by atoms with E-state index in [4.69, 9.17) is 14.6 Å². The van der Waals surface area contributed by atoms with E-state index >= 15 is 0 Å². The van der Waals surface area contributed by atoms with Crippen LogP contribution >= 0.6 is 23.1 Å². The van der Waals surface area contributed by atoms with E-state index in [2.05, 4.69) is 16.3 Å². The van der Waals surface area contributed by atoms with Crippen molar-refractivity contribution in [3.63, 3.8) is 0 Å². The molecule has 1 aliphatic heterocycles. The van der Waals surface area contributed by atoms with Crippen molar-refractivity contribution in [2.45, 2.75) is 30.0 Å². The number of fused-ring (bicyclic) bond motifs is 1. The monoisotopic (exact) mass is 673 g/mol. The lowest BCUT2D eigenvalue weighted by Crippen LogP contribution is -2.29. The SMILES string of the molecule is CC(=O)O.COc1cc(C2/C(=C(\O)c3ccc(C)c(F)c3)C(=O)C(=O)N2c2nnc(SCc3cccc4ccccc34)s2)ccc1O. The second kappa shape index (κ2) is 14.0. The average Bonchev–Trinajstić information content (AvgIpc) is 3.62. The quantitative estimate of drug-likeness (QED) is 0.0550. The first kappa shape index (κ1) is 33.1. The molecule has 1 fully saturated rings. The van der Waals surface area contributed by atoms with Gasteiger partial charge in [-0.05, 0) is 52.6 Å². The number of ketones is 1. The first-order valence-corrected chi connectivity index (χ1v) is 15.9. The summed E-state index contributed by atoms with van der Waals surface area (Å²) >= 11 is 2.58. The van der Waals surface area contributed by atoms with E-state index in [1.165, 1.54) is 54.1 Å². The van der Waals surface area contributed by atoms with Gasteiger partial charge in [0, 0.05) is 18.2 Å². The van der Waals surface area contributed by atoms with Gasteiger partial charge in [-0.25, -0.2) is 4.39 Å². The van der Waals surface area contributed by atoms with Gasteiger partial charge in [0.15, 0.2) is 15.8 Å². The molecule has 1 aliphatic rings. The Morgan fingerprint density at radius 2 is 1.74 bits per heavy atom. The van der Waals surface area contributed by atoms with Gasteiger partial charge in [-0.15, -0.1) is 10.2 Å². The van der Waals surface area contributed by atoms with Gasteiger partial charge in [0.25, 0.3) is 11.8 Å². The molecule has 1 aromatic heterocycles. The van der Waals surface area contributed by atoms with E-state index in [1.54, 1.807) is 6.92 Å². The number of aliphatic hydroxyl groups excluding tert-OH is 1. The van der Waals surface area contributed by atoms with Crippen LogP contribution in [0.1, 0.15) is 35.2 Å². The standard InChI is InChI=1S/C32H24FN3O5S2.C2H4O2/c1-17-10-11-20(14-23(17)33)28(38)26-27(19-12-13-24(37)25(15-19)41-2)36(30(40)29(26)39)31-34-35-32(43-31)42-16-21-8-5-7-18-6-3-4-9-22(18)21;1-2(3)4/h3-15,27,37-38H,16H2,1-2H3;1H3,(H,3,4)/b28-26+;. The maximum Gasteiger partial charge on any atom is 0.301 e. The third kappa shape index (κ3) is 6.95. The Bertz CT molecular complexity index is 2040. The fourth-order valence-electron chi connectivity index (χ4n) is 5.02. The summed E-state index contributed by atoms with van der Waals surface area (Å²) in [6, 6.07) is 21.4. The number of hydrogen-bond donors (Lipinski definition) is 3. The number of carboxylic acids is 1. The van der Waals surface area contributed by atoms with E-state index in [0.29, 0.717) is 21.2 Å². The highest BCUT2D eigenvalue weighted by atomic mass is 32.2. The smallest absolute Gasteiger partial charge is 0.301 e. The van der Waals surface area contributed by atoms with Crippen LogP contribution in [0.3, 0.4) is 0 Å². The number of amides is 1. The Morgan fingerprint density at radius 3 is 2.47 bits per heavy atom. The topological polar surface area (TPSA) is 150 Å². The zero-order valence-electron chi connectivity index (χ0n) is 25.3. The molecule has 0 saturated carbocycles. The predicted octanol–water partition coefficient (Wildman–Crippen LogP) is 6.86. The Labute approximate surface area is 276 Å². The number of carbonyl (C=O) groups is 3. The lowest BCUT2D eigenvalue weighted by molar-refractivity contribution is -0.134. The lowest BCUT2D eigenvalue weighted by Gasteiger charge is -2.23. The van der Waals surface area contributed by atoms with Crippen molar-refractivity contribution in [3.05, 3.63) is 113 Å². The van der Waals surface area contributed by atoms with E-state index in [0.717, 1.165) is 40.7 Å². The number of aromatic hydroxyl groups is 1. The molecular weight excluding hydrogens is 646 g/mol. The maximum atomic E-state index is 14.4. The number of aryl methyl sites for hydroxylation is 1. The molecule has 1 atom stereocenters. The minimum atomic E-state index is -1.15. The summed E-state index contributed by atoms with van der Waals surface area (Å²) in [5.74, 6) is -3.26. The molecule has 4 aromatic carbocycles. The average molecular weight is 674 g/mol. The number of halogens is 1. The molecule has 5 aromatic rings. The van der Waals surface area contributed by atoms with Gasteiger partial charge >= 0.3 is 5.91 Å². The number of carboxylic acid groups (broad SMARTS) is 1. The highest BCUT2D eigenvalue weighted by Gasteiger charge is 2.48. The van der Waals surface area contributed by atoms with E-state index in [-0.39, 0.29) is 27.8 Å². The fourth-order valence-corrected chi connectivity index (χ4v) is 6.89. The number of Topliss-reactive ketones (excluding diaryl/α,β-unsaturated/α-hetero) is 1. The summed E-state index contributed by atoms with van der Waals surface area (Å²) in [5, 5.41) is 39.8. The lowest BCUT2D eigenvalue weighted by atomic mass is 9.95. The molecule has 240 valence electrons. The first-order chi connectivity index (χ1) is 22.5. The van der Waals surface area contributed by atoms with Gasteiger partial charge in [0.05, 0.1) is 18.7 Å². The van der Waals surface area contributed by atoms with Crippen molar-refractivity contribution < 1.29 is 38.8 Å². The second-order valence-corrected chi connectivity index (χ2v) is 12.5. The molecular formula is C34H28FN3O7S2. The number of methoxy groups -OCH3 is 1. The number of rotatable bonds is 7. The molecule has 47 heavy (non-hydrogen) atoms. The number of hydrogen-bond acceptors (Lipinski definition) is 10. The predicted molar refractivity (Wildman–Crippen MR) is 177 cm³/mol. The summed E-state index contributed by atoms with van der Waals surface area (Å²) in [4.78, 5) is 37.2. The molecule has 3 N–H and O–H groups in total. The zero-order valence-corrected chi connectivity index (χ0v) is 26.9. The number of anilines is 1. The highest BCUT2D eigenvalue weighted by molar-refractivity contribution is 8.00. The number of aromatic nitrogens is 2. The number of nitrogens with zero attached hydrogens (tertiary/aromatic N) is 3. The number of benzene rings is 4. The van der Waals surface area contributed by atoms with Crippen LogP contribution in [0, 0.1) is 12.7 Å². The number of thioether (sulfide) groups is 1. The van der Waals surface area contributed by atoms with Gasteiger partial charge in [0.2, 0.25) is 5.13 Å². The summed E-state index contributed by atoms with van der Waals surface area (Å²) in [6.07, 6.45) is 0. The van der Waals surface area contributed by atoms with Crippen molar-refractivity contribution >= 4 is 62.4 Å². The molecule has 0 bridgehead atoms. The zero-order chi connectivity index (χ0) is 33.8. The molecule has 0 radical (unpaired) electrons. The third-order valence-electron chi connectivity index (χ3n) is 7.24. The molecule has 0 aliphatic carbocycles. The van der Waals surface area contributed by atoms with Crippen molar-refractivity contribution in [1.29, 1.82) is 0 Å². The van der Waals surface area contributed by atoms with Gasteiger partial charge in [-0.2, -0.15) is 0 Å². The minimum absolute atomic E-state index is 0.0421.